The summed E-state index contributed by atoms with van der Waals surface area (Å²) in [5.74, 6) is 4.70. The van der Waals surface area contributed by atoms with Crippen LogP contribution in [0.1, 0.15) is 117 Å². The van der Waals surface area contributed by atoms with Crippen molar-refractivity contribution in [2.24, 2.45) is 47.3 Å². The molecule has 4 unspecified atom stereocenters. The topological polar surface area (TPSA) is 18.5 Å². The van der Waals surface area contributed by atoms with Crippen LogP contribution in [-0.2, 0) is 0 Å². The van der Waals surface area contributed by atoms with Gasteiger partial charge in [-0.3, -0.25) is 0 Å². The van der Waals surface area contributed by atoms with Gasteiger partial charge in [-0.05, 0) is 143 Å². The average Bonchev–Trinajstić information content (AvgIpc) is 2.99. The molecule has 0 radical (unpaired) electrons. The standard InChI is InChI=1S/C36H54F2O2/c1-3-5-25-8-14-29(15-9-25)30-16-10-26(11-17-30)6-7-27-12-18-32-23-28(13-19-31(32)22-27)24-40-34-21-20-33(39-4-2)35(37)36(34)38/h6-7,20-21,25-32H,3-5,8-19,22-24H2,1-2H3. The molecule has 0 aliphatic heterocycles. The number of ether oxygens (including phenoxy) is 2. The van der Waals surface area contributed by atoms with Crippen molar-refractivity contribution in [2.75, 3.05) is 13.2 Å². The summed E-state index contributed by atoms with van der Waals surface area (Å²) in [6, 6.07) is 2.96. The van der Waals surface area contributed by atoms with Crippen molar-refractivity contribution >= 4 is 0 Å². The molecule has 4 aliphatic rings. The maximum absolute atomic E-state index is 14.4. The Hall–Kier alpha value is -1.58. The predicted molar refractivity (Wildman–Crippen MR) is 160 cm³/mol. The van der Waals surface area contributed by atoms with E-state index in [9.17, 15) is 8.78 Å². The number of hydrogen-bond donors (Lipinski definition) is 0. The first kappa shape index (κ1) is 29.9. The maximum atomic E-state index is 14.4. The lowest BCUT2D eigenvalue weighted by Gasteiger charge is -2.41. The number of allylic oxidation sites excluding steroid dienone is 2. The zero-order valence-electron chi connectivity index (χ0n) is 25.2. The fourth-order valence-electron chi connectivity index (χ4n) is 8.93. The van der Waals surface area contributed by atoms with E-state index in [0.717, 1.165) is 54.3 Å². The van der Waals surface area contributed by atoms with E-state index >= 15 is 0 Å². The van der Waals surface area contributed by atoms with E-state index < -0.39 is 11.6 Å². The first-order valence-electron chi connectivity index (χ1n) is 17.0. The summed E-state index contributed by atoms with van der Waals surface area (Å²) < 4.78 is 39.5. The van der Waals surface area contributed by atoms with Crippen molar-refractivity contribution in [3.05, 3.63) is 35.9 Å². The molecule has 0 aromatic heterocycles. The molecule has 4 atom stereocenters. The highest BCUT2D eigenvalue weighted by Gasteiger charge is 2.36. The van der Waals surface area contributed by atoms with Crippen molar-refractivity contribution in [1.82, 2.24) is 0 Å². The predicted octanol–water partition coefficient (Wildman–Crippen LogP) is 10.5. The summed E-state index contributed by atoms with van der Waals surface area (Å²) in [5.41, 5.74) is 0. The van der Waals surface area contributed by atoms with Gasteiger partial charge in [0.1, 0.15) is 0 Å². The monoisotopic (exact) mass is 556 g/mol. The van der Waals surface area contributed by atoms with E-state index in [1.54, 1.807) is 6.92 Å². The number of fused-ring (bicyclic) bond motifs is 1. The van der Waals surface area contributed by atoms with Gasteiger partial charge >= 0.3 is 0 Å². The zero-order valence-corrected chi connectivity index (χ0v) is 25.2. The van der Waals surface area contributed by atoms with Crippen molar-refractivity contribution in [3.63, 3.8) is 0 Å². The van der Waals surface area contributed by atoms with Gasteiger partial charge in [0.25, 0.3) is 0 Å². The largest absolute Gasteiger partial charge is 0.491 e. The Labute approximate surface area is 242 Å². The molecule has 0 bridgehead atoms. The summed E-state index contributed by atoms with van der Waals surface area (Å²) >= 11 is 0. The van der Waals surface area contributed by atoms with Gasteiger partial charge < -0.3 is 9.47 Å². The van der Waals surface area contributed by atoms with Crippen LogP contribution in [0.4, 0.5) is 8.78 Å². The van der Waals surface area contributed by atoms with Crippen LogP contribution in [0.15, 0.2) is 24.3 Å². The summed E-state index contributed by atoms with van der Waals surface area (Å²) in [6.07, 6.45) is 27.3. The van der Waals surface area contributed by atoms with Crippen LogP contribution in [0, 0.1) is 59.0 Å². The summed E-state index contributed by atoms with van der Waals surface area (Å²) in [5, 5.41) is 0. The average molecular weight is 557 g/mol. The molecule has 1 aromatic carbocycles. The second kappa shape index (κ2) is 14.5. The number of halogens is 2. The molecule has 0 N–H and O–H groups in total. The van der Waals surface area contributed by atoms with Gasteiger partial charge in [0.05, 0.1) is 13.2 Å². The Bertz CT molecular complexity index is 944. The van der Waals surface area contributed by atoms with Crippen LogP contribution >= 0.6 is 0 Å². The molecule has 2 nitrogen and oxygen atoms in total. The number of hydrogen-bond acceptors (Lipinski definition) is 2. The molecule has 4 saturated carbocycles. The summed E-state index contributed by atoms with van der Waals surface area (Å²) in [7, 11) is 0. The highest BCUT2D eigenvalue weighted by Crippen LogP contribution is 2.46. The van der Waals surface area contributed by atoms with Crippen LogP contribution < -0.4 is 9.47 Å². The van der Waals surface area contributed by atoms with Crippen molar-refractivity contribution in [1.29, 1.82) is 0 Å². The Balaban J connectivity index is 1.01. The third-order valence-corrected chi connectivity index (χ3v) is 11.3. The van der Waals surface area contributed by atoms with E-state index in [1.165, 1.54) is 102 Å². The highest BCUT2D eigenvalue weighted by atomic mass is 19.2. The smallest absolute Gasteiger partial charge is 0.204 e. The first-order chi connectivity index (χ1) is 19.5. The van der Waals surface area contributed by atoms with Gasteiger partial charge in [0.2, 0.25) is 11.6 Å². The van der Waals surface area contributed by atoms with E-state index in [1.807, 2.05) is 0 Å². The molecule has 0 amide bonds. The van der Waals surface area contributed by atoms with E-state index in [-0.39, 0.29) is 11.5 Å². The van der Waals surface area contributed by atoms with Crippen LogP contribution in [0.2, 0.25) is 0 Å². The Morgan fingerprint density at radius 2 is 1.15 bits per heavy atom. The molecule has 224 valence electrons. The van der Waals surface area contributed by atoms with Crippen LogP contribution in [-0.4, -0.2) is 13.2 Å². The van der Waals surface area contributed by atoms with E-state index in [0.29, 0.717) is 19.1 Å². The third-order valence-electron chi connectivity index (χ3n) is 11.3. The van der Waals surface area contributed by atoms with Gasteiger partial charge in [-0.2, -0.15) is 8.78 Å². The molecule has 4 aliphatic carbocycles. The fourth-order valence-corrected chi connectivity index (χ4v) is 8.93. The molecule has 0 saturated heterocycles. The second-order valence-electron chi connectivity index (χ2n) is 13.8. The Morgan fingerprint density at radius 3 is 1.82 bits per heavy atom. The lowest BCUT2D eigenvalue weighted by Crippen LogP contribution is -2.32. The van der Waals surface area contributed by atoms with E-state index in [2.05, 4.69) is 19.1 Å². The van der Waals surface area contributed by atoms with Crippen LogP contribution in [0.5, 0.6) is 11.5 Å². The minimum Gasteiger partial charge on any atom is -0.491 e. The molecule has 4 heteroatoms. The molecule has 0 heterocycles. The molecular weight excluding hydrogens is 502 g/mol. The normalized spacial score (nSPS) is 34.9. The summed E-state index contributed by atoms with van der Waals surface area (Å²) in [6.45, 7) is 4.87. The van der Waals surface area contributed by atoms with Gasteiger partial charge in [0, 0.05) is 0 Å². The zero-order chi connectivity index (χ0) is 27.9. The number of benzene rings is 1. The molecule has 4 fully saturated rings. The molecule has 1 aromatic rings. The Morgan fingerprint density at radius 1 is 0.625 bits per heavy atom. The van der Waals surface area contributed by atoms with E-state index in [4.69, 9.17) is 9.47 Å². The lowest BCUT2D eigenvalue weighted by molar-refractivity contribution is 0.0851. The highest BCUT2D eigenvalue weighted by molar-refractivity contribution is 5.35. The Kier molecular flexibility index (Phi) is 10.9. The second-order valence-corrected chi connectivity index (χ2v) is 13.8. The third kappa shape index (κ3) is 7.62. The molecule has 5 rings (SSSR count). The molecule has 40 heavy (non-hydrogen) atoms. The fraction of sp³-hybridized carbons (Fsp3) is 0.778. The van der Waals surface area contributed by atoms with Crippen LogP contribution in [0.3, 0.4) is 0 Å². The number of rotatable bonds is 10. The van der Waals surface area contributed by atoms with Crippen LogP contribution in [0.25, 0.3) is 0 Å². The minimum atomic E-state index is -0.952. The molecule has 0 spiro atoms. The minimum absolute atomic E-state index is 0.00492. The first-order valence-corrected chi connectivity index (χ1v) is 17.0. The van der Waals surface area contributed by atoms with Gasteiger partial charge in [-0.1, -0.05) is 44.8 Å². The SMILES string of the molecule is CCCC1CCC(C2CCC(C=CC3CCC4CC(COc5ccc(OCC)c(F)c5F)CCC4C3)CC2)CC1. The van der Waals surface area contributed by atoms with Gasteiger partial charge in [-0.25, -0.2) is 0 Å². The maximum Gasteiger partial charge on any atom is 0.204 e. The lowest BCUT2D eigenvalue weighted by atomic mass is 9.64. The molecular formula is C36H54F2O2. The van der Waals surface area contributed by atoms with Gasteiger partial charge in [-0.15, -0.1) is 0 Å². The van der Waals surface area contributed by atoms with Gasteiger partial charge in [0.15, 0.2) is 11.5 Å². The van der Waals surface area contributed by atoms with Crippen molar-refractivity contribution < 1.29 is 18.3 Å². The van der Waals surface area contributed by atoms with Crippen molar-refractivity contribution in [3.8, 4) is 11.5 Å². The summed E-state index contributed by atoms with van der Waals surface area (Å²) in [4.78, 5) is 0. The quantitative estimate of drug-likeness (QED) is 0.267. The van der Waals surface area contributed by atoms with Crippen molar-refractivity contribution in [2.45, 2.75) is 117 Å².